The van der Waals surface area contributed by atoms with Gasteiger partial charge >= 0.3 is 5.97 Å². The summed E-state index contributed by atoms with van der Waals surface area (Å²) in [6, 6.07) is 13.3. The van der Waals surface area contributed by atoms with Crippen LogP contribution in [-0.4, -0.2) is 18.4 Å². The van der Waals surface area contributed by atoms with Crippen molar-refractivity contribution < 1.29 is 14.3 Å². The number of benzene rings is 2. The zero-order valence-electron chi connectivity index (χ0n) is 13.7. The lowest BCUT2D eigenvalue weighted by molar-refractivity contribution is -0.117. The second-order valence-corrected chi connectivity index (χ2v) is 5.95. The Kier molecular flexibility index (Phi) is 4.90. The maximum Gasteiger partial charge on any atom is 0.338 e. The maximum absolute atomic E-state index is 12.3. The Morgan fingerprint density at radius 3 is 2.46 bits per heavy atom. The van der Waals surface area contributed by atoms with Gasteiger partial charge in [-0.15, -0.1) is 0 Å². The Bertz CT molecular complexity index is 785. The number of rotatable bonds is 6. The third-order valence-electron chi connectivity index (χ3n) is 4.11. The summed E-state index contributed by atoms with van der Waals surface area (Å²) >= 11 is 0. The number of carbonyl (C=O) groups excluding carboxylic acids is 2. The van der Waals surface area contributed by atoms with Gasteiger partial charge in [-0.05, 0) is 47.7 Å². The topological polar surface area (TPSA) is 43.4 Å². The van der Waals surface area contributed by atoms with Crippen molar-refractivity contribution in [3.63, 3.8) is 0 Å². The molecule has 0 spiro atoms. The van der Waals surface area contributed by atoms with Crippen LogP contribution >= 0.6 is 0 Å². The average molecular weight is 320 g/mol. The molecule has 24 heavy (non-hydrogen) atoms. The molecular weight excluding hydrogens is 300 g/mol. The van der Waals surface area contributed by atoms with Crippen LogP contribution in [0.25, 0.3) is 6.08 Å². The molecule has 0 radical (unpaired) electrons. The van der Waals surface area contributed by atoms with E-state index in [0.29, 0.717) is 25.0 Å². The van der Waals surface area contributed by atoms with E-state index in [1.165, 1.54) is 11.1 Å². The summed E-state index contributed by atoms with van der Waals surface area (Å²) in [5.41, 5.74) is 5.03. The molecule has 0 aliphatic heterocycles. The molecular formula is C21H20O3. The highest BCUT2D eigenvalue weighted by Crippen LogP contribution is 2.21. The quantitative estimate of drug-likeness (QED) is 0.761. The zero-order valence-corrected chi connectivity index (χ0v) is 13.7. The van der Waals surface area contributed by atoms with Crippen molar-refractivity contribution in [3.05, 3.63) is 76.4 Å². The van der Waals surface area contributed by atoms with Crippen LogP contribution in [0.3, 0.4) is 0 Å². The van der Waals surface area contributed by atoms with Crippen molar-refractivity contribution in [1.82, 2.24) is 0 Å². The average Bonchev–Trinajstić information content (AvgIpc) is 3.03. The van der Waals surface area contributed by atoms with E-state index in [9.17, 15) is 9.59 Å². The molecule has 2 aromatic rings. The van der Waals surface area contributed by atoms with Gasteiger partial charge in [-0.25, -0.2) is 4.79 Å². The molecule has 0 heterocycles. The maximum atomic E-state index is 12.3. The van der Waals surface area contributed by atoms with E-state index in [2.05, 4.69) is 24.3 Å². The third kappa shape index (κ3) is 3.80. The van der Waals surface area contributed by atoms with Gasteiger partial charge in [0.25, 0.3) is 0 Å². The van der Waals surface area contributed by atoms with E-state index in [4.69, 9.17) is 4.74 Å². The number of fused-ring (bicyclic) bond motifs is 1. The van der Waals surface area contributed by atoms with Gasteiger partial charge in [-0.3, -0.25) is 4.79 Å². The van der Waals surface area contributed by atoms with E-state index in [0.717, 1.165) is 17.5 Å². The molecule has 0 saturated carbocycles. The lowest BCUT2D eigenvalue weighted by Crippen LogP contribution is -2.08. The van der Waals surface area contributed by atoms with Crippen LogP contribution in [0.5, 0.6) is 0 Å². The fourth-order valence-corrected chi connectivity index (χ4v) is 2.91. The van der Waals surface area contributed by atoms with Gasteiger partial charge < -0.3 is 4.74 Å². The van der Waals surface area contributed by atoms with Gasteiger partial charge in [0.05, 0.1) is 12.2 Å². The summed E-state index contributed by atoms with van der Waals surface area (Å²) in [6.45, 7) is 2.13. The summed E-state index contributed by atoms with van der Waals surface area (Å²) in [6.07, 6.45) is 6.02. The first-order chi connectivity index (χ1) is 11.7. The van der Waals surface area contributed by atoms with Gasteiger partial charge in [0.15, 0.2) is 0 Å². The molecule has 0 bridgehead atoms. The summed E-state index contributed by atoms with van der Waals surface area (Å²) < 4.78 is 4.95. The summed E-state index contributed by atoms with van der Waals surface area (Å²) in [5.74, 6) is -0.160. The van der Waals surface area contributed by atoms with Crippen molar-refractivity contribution in [1.29, 1.82) is 0 Å². The van der Waals surface area contributed by atoms with Gasteiger partial charge in [0.2, 0.25) is 0 Å². The largest absolute Gasteiger partial charge is 0.462 e. The zero-order chi connectivity index (χ0) is 16.9. The highest BCUT2D eigenvalue weighted by molar-refractivity contribution is 5.89. The molecule has 0 aromatic heterocycles. The molecule has 0 unspecified atom stereocenters. The number of ketones is 1. The Balaban J connectivity index is 1.60. The van der Waals surface area contributed by atoms with E-state index < -0.39 is 0 Å². The second-order valence-electron chi connectivity index (χ2n) is 5.95. The first-order valence-electron chi connectivity index (χ1n) is 8.22. The molecule has 3 nitrogen and oxygen atoms in total. The molecule has 0 saturated heterocycles. The number of Topliss-reactive ketones (excluding diaryl/α,β-unsaturated/α-hetero) is 1. The lowest BCUT2D eigenvalue weighted by atomic mass is 9.99. The number of ether oxygens (including phenoxy) is 1. The van der Waals surface area contributed by atoms with E-state index in [1.807, 2.05) is 18.2 Å². The molecule has 3 heteroatoms. The SMILES string of the molecule is CCOC(=O)c1ccc(CC(=O)Cc2ccc3c(c2)CC=C3)cc1. The number of hydrogen-bond donors (Lipinski definition) is 0. The fourth-order valence-electron chi connectivity index (χ4n) is 2.91. The number of allylic oxidation sites excluding steroid dienone is 1. The predicted octanol–water partition coefficient (Wildman–Crippen LogP) is 3.79. The van der Waals surface area contributed by atoms with Crippen molar-refractivity contribution in [2.45, 2.75) is 26.2 Å². The predicted molar refractivity (Wildman–Crippen MR) is 94.0 cm³/mol. The first-order valence-corrected chi connectivity index (χ1v) is 8.22. The minimum atomic E-state index is -0.331. The molecule has 3 rings (SSSR count). The summed E-state index contributed by atoms with van der Waals surface area (Å²) in [4.78, 5) is 23.9. The van der Waals surface area contributed by atoms with Crippen LogP contribution in [-0.2, 0) is 28.8 Å². The van der Waals surface area contributed by atoms with Crippen LogP contribution in [0.2, 0.25) is 0 Å². The summed E-state index contributed by atoms with van der Waals surface area (Å²) in [5, 5.41) is 0. The van der Waals surface area contributed by atoms with Crippen molar-refractivity contribution in [2.24, 2.45) is 0 Å². The Morgan fingerprint density at radius 2 is 1.71 bits per heavy atom. The van der Waals surface area contributed by atoms with Gasteiger partial charge in [-0.1, -0.05) is 42.5 Å². The van der Waals surface area contributed by atoms with Crippen LogP contribution in [0.15, 0.2) is 48.5 Å². The highest BCUT2D eigenvalue weighted by atomic mass is 16.5. The minimum Gasteiger partial charge on any atom is -0.462 e. The van der Waals surface area contributed by atoms with Crippen LogP contribution < -0.4 is 0 Å². The minimum absolute atomic E-state index is 0.171. The van der Waals surface area contributed by atoms with Crippen molar-refractivity contribution in [2.75, 3.05) is 6.61 Å². The normalized spacial score (nSPS) is 12.0. The molecule has 122 valence electrons. The van der Waals surface area contributed by atoms with E-state index in [-0.39, 0.29) is 11.8 Å². The molecule has 0 atom stereocenters. The Hall–Kier alpha value is -2.68. The van der Waals surface area contributed by atoms with Crippen LogP contribution in [0.4, 0.5) is 0 Å². The summed E-state index contributed by atoms with van der Waals surface area (Å²) in [7, 11) is 0. The smallest absolute Gasteiger partial charge is 0.338 e. The van der Waals surface area contributed by atoms with Crippen molar-refractivity contribution >= 4 is 17.8 Å². The number of hydrogen-bond acceptors (Lipinski definition) is 3. The third-order valence-corrected chi connectivity index (χ3v) is 4.11. The standard InChI is InChI=1S/C21H20O3/c1-2-24-21(23)18-10-6-15(7-11-18)13-20(22)14-16-8-9-17-4-3-5-19(17)12-16/h3-4,6-12H,2,5,13-14H2,1H3. The highest BCUT2D eigenvalue weighted by Gasteiger charge is 2.10. The molecule has 0 N–H and O–H groups in total. The molecule has 1 aliphatic carbocycles. The van der Waals surface area contributed by atoms with Gasteiger partial charge in [-0.2, -0.15) is 0 Å². The van der Waals surface area contributed by atoms with Crippen LogP contribution in [0.1, 0.15) is 39.5 Å². The van der Waals surface area contributed by atoms with Gasteiger partial charge in [0, 0.05) is 12.8 Å². The first kappa shape index (κ1) is 16.2. The van der Waals surface area contributed by atoms with Gasteiger partial charge in [0.1, 0.15) is 5.78 Å². The van der Waals surface area contributed by atoms with Crippen LogP contribution in [0, 0.1) is 0 Å². The number of carbonyl (C=O) groups is 2. The lowest BCUT2D eigenvalue weighted by Gasteiger charge is -2.06. The number of esters is 1. The van der Waals surface area contributed by atoms with E-state index >= 15 is 0 Å². The Labute approximate surface area is 142 Å². The van der Waals surface area contributed by atoms with Crippen molar-refractivity contribution in [3.8, 4) is 0 Å². The monoisotopic (exact) mass is 320 g/mol. The molecule has 0 amide bonds. The molecule has 0 fully saturated rings. The Morgan fingerprint density at radius 1 is 1.00 bits per heavy atom. The van der Waals surface area contributed by atoms with E-state index in [1.54, 1.807) is 19.1 Å². The molecule has 1 aliphatic rings. The second kappa shape index (κ2) is 7.26. The molecule has 2 aromatic carbocycles. The fraction of sp³-hybridized carbons (Fsp3) is 0.238.